The molecule has 2 heterocycles. The Labute approximate surface area is 149 Å². The highest BCUT2D eigenvalue weighted by molar-refractivity contribution is 6.07. The van der Waals surface area contributed by atoms with Gasteiger partial charge in [0.1, 0.15) is 11.6 Å². The fourth-order valence-electron chi connectivity index (χ4n) is 3.43. The van der Waals surface area contributed by atoms with Crippen molar-refractivity contribution in [3.63, 3.8) is 0 Å². The molecule has 0 atom stereocenters. The van der Waals surface area contributed by atoms with Crippen molar-refractivity contribution >= 4 is 33.0 Å². The minimum Gasteiger partial charge on any atom is -0.633 e. The Hall–Kier alpha value is -2.77. The zero-order chi connectivity index (χ0) is 18.6. The lowest BCUT2D eigenvalue weighted by Gasteiger charge is -2.33. The van der Waals surface area contributed by atoms with Gasteiger partial charge < -0.3 is 15.2 Å². The first kappa shape index (κ1) is 16.7. The number of hydrogen-bond donors (Lipinski definition) is 1. The second-order valence-electron chi connectivity index (χ2n) is 7.07. The molecule has 1 N–H and O–H groups in total. The van der Waals surface area contributed by atoms with E-state index < -0.39 is 10.5 Å². The number of rotatable bonds is 4. The van der Waals surface area contributed by atoms with Crippen LogP contribution in [0.15, 0.2) is 35.1 Å². The largest absolute Gasteiger partial charge is 0.633 e. The topological polar surface area (TPSA) is 69.5 Å². The van der Waals surface area contributed by atoms with Crippen molar-refractivity contribution in [2.24, 2.45) is 0 Å². The SMILES string of the molecule is Cc1nc2ccc(NCC[N+](C)(C)[O-])c3c(=O)c4cc(F)ccc4n1c23. The maximum atomic E-state index is 13.8. The summed E-state index contributed by atoms with van der Waals surface area (Å²) >= 11 is 0. The number of imidazole rings is 1. The zero-order valence-electron chi connectivity index (χ0n) is 14.8. The Morgan fingerprint density at radius 2 is 2.04 bits per heavy atom. The molecule has 134 valence electrons. The number of fused-ring (bicyclic) bond motifs is 2. The zero-order valence-corrected chi connectivity index (χ0v) is 14.8. The van der Waals surface area contributed by atoms with E-state index >= 15 is 0 Å². The summed E-state index contributed by atoms with van der Waals surface area (Å²) in [7, 11) is 3.13. The van der Waals surface area contributed by atoms with Gasteiger partial charge in [-0.2, -0.15) is 0 Å². The van der Waals surface area contributed by atoms with Crippen molar-refractivity contribution in [2.45, 2.75) is 6.92 Å². The van der Waals surface area contributed by atoms with Gasteiger partial charge in [-0.1, -0.05) is 0 Å². The Kier molecular flexibility index (Phi) is 3.61. The van der Waals surface area contributed by atoms with Crippen LogP contribution in [-0.2, 0) is 0 Å². The molecule has 0 amide bonds. The van der Waals surface area contributed by atoms with Crippen LogP contribution in [-0.4, -0.2) is 41.2 Å². The summed E-state index contributed by atoms with van der Waals surface area (Å²) in [6.45, 7) is 2.64. The molecule has 0 unspecified atom stereocenters. The Balaban J connectivity index is 2.01. The average Bonchev–Trinajstić information content (AvgIpc) is 2.89. The van der Waals surface area contributed by atoms with Crippen molar-refractivity contribution < 1.29 is 9.04 Å². The van der Waals surface area contributed by atoms with Crippen molar-refractivity contribution in [2.75, 3.05) is 32.5 Å². The van der Waals surface area contributed by atoms with Gasteiger partial charge in [0.05, 0.1) is 49.1 Å². The van der Waals surface area contributed by atoms with Gasteiger partial charge in [-0.25, -0.2) is 9.37 Å². The molecule has 2 aromatic heterocycles. The van der Waals surface area contributed by atoms with Crippen molar-refractivity contribution in [3.8, 4) is 0 Å². The van der Waals surface area contributed by atoms with E-state index in [0.717, 1.165) is 5.82 Å². The third-order valence-electron chi connectivity index (χ3n) is 4.62. The lowest BCUT2D eigenvalue weighted by atomic mass is 10.1. The third kappa shape index (κ3) is 2.56. The van der Waals surface area contributed by atoms with Crippen LogP contribution in [0, 0.1) is 17.9 Å². The molecular formula is C19H19FN4O2. The number of hydrogen-bond acceptors (Lipinski definition) is 4. The van der Waals surface area contributed by atoms with Crippen LogP contribution in [0.5, 0.6) is 0 Å². The van der Waals surface area contributed by atoms with E-state index in [9.17, 15) is 14.4 Å². The molecule has 0 bridgehead atoms. The predicted molar refractivity (Wildman–Crippen MR) is 101 cm³/mol. The standard InChI is InChI=1S/C19H19FN4O2/c1-11-22-15-6-5-14(21-8-9-24(2,3)26)17-18(15)23(11)16-7-4-12(20)10-13(16)19(17)25/h4-7,10,21H,8-9H2,1-3H3. The van der Waals surface area contributed by atoms with Crippen molar-refractivity contribution in [1.29, 1.82) is 0 Å². The van der Waals surface area contributed by atoms with Crippen LogP contribution in [0.2, 0.25) is 0 Å². The number of quaternary nitrogens is 1. The number of hydroxylamine groups is 3. The van der Waals surface area contributed by atoms with Crippen molar-refractivity contribution in [3.05, 3.63) is 57.4 Å². The number of halogens is 1. The van der Waals surface area contributed by atoms with Gasteiger partial charge in [0.2, 0.25) is 0 Å². The number of nitrogens with zero attached hydrogens (tertiary/aromatic N) is 3. The molecule has 0 saturated heterocycles. The maximum absolute atomic E-state index is 13.8. The fraction of sp³-hybridized carbons (Fsp3) is 0.263. The molecular weight excluding hydrogens is 335 g/mol. The first-order valence-corrected chi connectivity index (χ1v) is 8.41. The number of pyridine rings is 1. The summed E-state index contributed by atoms with van der Waals surface area (Å²) in [6.07, 6.45) is 0. The smallest absolute Gasteiger partial charge is 0.199 e. The first-order chi connectivity index (χ1) is 12.3. The molecule has 0 aliphatic rings. The highest BCUT2D eigenvalue weighted by atomic mass is 19.1. The van der Waals surface area contributed by atoms with Gasteiger partial charge in [-0.3, -0.25) is 9.20 Å². The van der Waals surface area contributed by atoms with E-state index in [1.807, 2.05) is 17.4 Å². The molecule has 0 fully saturated rings. The van der Waals surface area contributed by atoms with Gasteiger partial charge in [0, 0.05) is 11.1 Å². The summed E-state index contributed by atoms with van der Waals surface area (Å²) < 4.78 is 15.2. The summed E-state index contributed by atoms with van der Waals surface area (Å²) in [6, 6.07) is 7.86. The second-order valence-corrected chi connectivity index (χ2v) is 7.07. The molecule has 0 aliphatic carbocycles. The number of benzene rings is 2. The quantitative estimate of drug-likeness (QED) is 0.348. The van der Waals surface area contributed by atoms with Crippen LogP contribution in [0.4, 0.5) is 10.1 Å². The van der Waals surface area contributed by atoms with E-state index in [1.54, 1.807) is 26.2 Å². The minimum atomic E-state index is -0.453. The van der Waals surface area contributed by atoms with Gasteiger partial charge in [0.25, 0.3) is 0 Å². The maximum Gasteiger partial charge on any atom is 0.199 e. The number of nitrogens with one attached hydrogen (secondary N) is 1. The molecule has 2 aromatic carbocycles. The Morgan fingerprint density at radius 1 is 1.27 bits per heavy atom. The van der Waals surface area contributed by atoms with E-state index in [0.29, 0.717) is 46.1 Å². The monoisotopic (exact) mass is 354 g/mol. The minimum absolute atomic E-state index is 0.240. The number of likely N-dealkylation sites (N-methyl/N-ethyl adjacent to an activating group) is 1. The van der Waals surface area contributed by atoms with Crippen molar-refractivity contribution in [1.82, 2.24) is 9.38 Å². The summed E-state index contributed by atoms with van der Waals surface area (Å²) in [5, 5.41) is 15.7. The van der Waals surface area contributed by atoms with E-state index in [2.05, 4.69) is 10.3 Å². The Morgan fingerprint density at radius 3 is 2.77 bits per heavy atom. The number of aryl methyl sites for hydroxylation is 1. The summed E-state index contributed by atoms with van der Waals surface area (Å²) in [5.41, 5.74) is 2.46. The molecule has 4 rings (SSSR count). The summed E-state index contributed by atoms with van der Waals surface area (Å²) in [5.74, 6) is 0.279. The molecule has 0 saturated carbocycles. The molecule has 26 heavy (non-hydrogen) atoms. The molecule has 0 aliphatic heterocycles. The second kappa shape index (κ2) is 5.62. The highest BCUT2D eigenvalue weighted by Gasteiger charge is 2.18. The van der Waals surface area contributed by atoms with Crippen LogP contribution >= 0.6 is 0 Å². The number of aromatic nitrogens is 2. The Bertz CT molecular complexity index is 1190. The van der Waals surface area contributed by atoms with Crippen LogP contribution in [0.25, 0.3) is 27.3 Å². The lowest BCUT2D eigenvalue weighted by Crippen LogP contribution is -2.36. The molecule has 0 spiro atoms. The molecule has 0 radical (unpaired) electrons. The normalized spacial score (nSPS) is 12.5. The van der Waals surface area contributed by atoms with E-state index in [1.165, 1.54) is 12.1 Å². The van der Waals surface area contributed by atoms with Crippen LogP contribution in [0.1, 0.15) is 5.82 Å². The van der Waals surface area contributed by atoms with E-state index in [-0.39, 0.29) is 5.43 Å². The number of anilines is 1. The average molecular weight is 354 g/mol. The summed E-state index contributed by atoms with van der Waals surface area (Å²) in [4.78, 5) is 17.7. The van der Waals surface area contributed by atoms with Crippen LogP contribution in [0.3, 0.4) is 0 Å². The lowest BCUT2D eigenvalue weighted by molar-refractivity contribution is -0.838. The third-order valence-corrected chi connectivity index (χ3v) is 4.62. The van der Waals surface area contributed by atoms with Gasteiger partial charge in [-0.05, 0) is 37.3 Å². The van der Waals surface area contributed by atoms with Gasteiger partial charge in [0.15, 0.2) is 5.43 Å². The van der Waals surface area contributed by atoms with Gasteiger partial charge in [-0.15, -0.1) is 0 Å². The molecule has 6 nitrogen and oxygen atoms in total. The van der Waals surface area contributed by atoms with Crippen LogP contribution < -0.4 is 10.7 Å². The molecule has 4 aromatic rings. The first-order valence-electron chi connectivity index (χ1n) is 8.41. The fourth-order valence-corrected chi connectivity index (χ4v) is 3.43. The van der Waals surface area contributed by atoms with Gasteiger partial charge >= 0.3 is 0 Å². The predicted octanol–water partition coefficient (Wildman–Crippen LogP) is 2.87. The van der Waals surface area contributed by atoms with E-state index in [4.69, 9.17) is 0 Å². The highest BCUT2D eigenvalue weighted by Crippen LogP contribution is 2.30. The molecule has 7 heteroatoms.